The summed E-state index contributed by atoms with van der Waals surface area (Å²) >= 11 is 0. The fourth-order valence-corrected chi connectivity index (χ4v) is 2.72. The molecule has 1 N–H and O–H groups in total. The van der Waals surface area contributed by atoms with Crippen molar-refractivity contribution in [3.05, 3.63) is 48.9 Å². The summed E-state index contributed by atoms with van der Waals surface area (Å²) in [7, 11) is 0. The van der Waals surface area contributed by atoms with Gasteiger partial charge in [0.1, 0.15) is 12.0 Å². The first kappa shape index (κ1) is 17.7. The number of alkyl halides is 1. The van der Waals surface area contributed by atoms with Crippen LogP contribution in [0.4, 0.5) is 21.7 Å². The summed E-state index contributed by atoms with van der Waals surface area (Å²) in [4.78, 5) is 23.5. The van der Waals surface area contributed by atoms with Crippen LogP contribution >= 0.6 is 0 Å². The van der Waals surface area contributed by atoms with Gasteiger partial charge in [0.2, 0.25) is 6.86 Å². The van der Waals surface area contributed by atoms with Gasteiger partial charge in [0, 0.05) is 50.5 Å². The summed E-state index contributed by atoms with van der Waals surface area (Å²) in [6.07, 6.45) is 7.39. The summed E-state index contributed by atoms with van der Waals surface area (Å²) in [5.41, 5.74) is 0.811. The third-order valence-electron chi connectivity index (χ3n) is 4.01. The smallest absolute Gasteiger partial charge is 0.228 e. The van der Waals surface area contributed by atoms with E-state index in [9.17, 15) is 9.18 Å². The molecule has 3 rings (SSSR count). The number of ether oxygens (including phenoxy) is 1. The maximum absolute atomic E-state index is 12.2. The molecule has 0 saturated carbocycles. The van der Waals surface area contributed by atoms with Gasteiger partial charge < -0.3 is 19.9 Å². The number of hydrogen-bond acceptors (Lipinski definition) is 7. The molecule has 0 radical (unpaired) electrons. The van der Waals surface area contributed by atoms with Crippen LogP contribution in [0.3, 0.4) is 0 Å². The molecule has 0 unspecified atom stereocenters. The Hall–Kier alpha value is -3.16. The molecule has 1 aliphatic rings. The van der Waals surface area contributed by atoms with Crippen molar-refractivity contribution in [2.24, 2.45) is 0 Å². The van der Waals surface area contributed by atoms with Gasteiger partial charge in [-0.3, -0.25) is 4.79 Å². The maximum atomic E-state index is 12.2. The first-order valence-electron chi connectivity index (χ1n) is 8.28. The maximum Gasteiger partial charge on any atom is 0.228 e. The predicted molar refractivity (Wildman–Crippen MR) is 97.3 cm³/mol. The van der Waals surface area contributed by atoms with Crippen molar-refractivity contribution in [3.63, 3.8) is 0 Å². The Morgan fingerprint density at radius 1 is 1.12 bits per heavy atom. The van der Waals surface area contributed by atoms with Crippen molar-refractivity contribution >= 4 is 23.6 Å². The molecule has 8 heteroatoms. The molecule has 1 saturated heterocycles. The molecule has 0 aliphatic carbocycles. The Balaban J connectivity index is 1.68. The molecule has 1 fully saturated rings. The summed E-state index contributed by atoms with van der Waals surface area (Å²) in [6.45, 7) is 2.31. The van der Waals surface area contributed by atoms with Crippen LogP contribution in [-0.4, -0.2) is 54.2 Å². The number of allylic oxidation sites excluding steroid dienone is 1. The minimum atomic E-state index is -0.852. The minimum absolute atomic E-state index is 0.469. The third-order valence-corrected chi connectivity index (χ3v) is 4.01. The van der Waals surface area contributed by atoms with Gasteiger partial charge in [-0.1, -0.05) is 0 Å². The Kier molecular flexibility index (Phi) is 5.97. The molecule has 2 heterocycles. The molecule has 26 heavy (non-hydrogen) atoms. The largest absolute Gasteiger partial charge is 0.463 e. The third kappa shape index (κ3) is 4.47. The fourth-order valence-electron chi connectivity index (χ4n) is 2.72. The van der Waals surface area contributed by atoms with Gasteiger partial charge >= 0.3 is 0 Å². The average Bonchev–Trinajstić information content (AvgIpc) is 2.69. The number of anilines is 3. The lowest BCUT2D eigenvalue weighted by Crippen LogP contribution is -2.44. The highest BCUT2D eigenvalue weighted by Gasteiger charge is 2.19. The molecule has 0 bridgehead atoms. The minimum Gasteiger partial charge on any atom is -0.463 e. The molecule has 0 spiro atoms. The molecular formula is C18H20FN5O2. The van der Waals surface area contributed by atoms with Crippen LogP contribution in [0.5, 0.6) is 5.75 Å². The SMILES string of the molecule is O=CC=CN1CCN(c2nccnc2Nc2ccc(OCF)cc2)CC1. The monoisotopic (exact) mass is 357 g/mol. The van der Waals surface area contributed by atoms with Crippen LogP contribution in [0.2, 0.25) is 0 Å². The summed E-state index contributed by atoms with van der Waals surface area (Å²) < 4.78 is 17.0. The van der Waals surface area contributed by atoms with E-state index in [1.165, 1.54) is 6.08 Å². The van der Waals surface area contributed by atoms with Gasteiger partial charge in [-0.05, 0) is 30.3 Å². The number of aromatic nitrogens is 2. The van der Waals surface area contributed by atoms with E-state index in [1.807, 2.05) is 0 Å². The summed E-state index contributed by atoms with van der Waals surface area (Å²) in [6, 6.07) is 6.98. The number of aldehydes is 1. The molecular weight excluding hydrogens is 337 g/mol. The summed E-state index contributed by atoms with van der Waals surface area (Å²) in [5, 5.41) is 3.25. The lowest BCUT2D eigenvalue weighted by atomic mass is 10.3. The van der Waals surface area contributed by atoms with Gasteiger partial charge in [-0.2, -0.15) is 0 Å². The average molecular weight is 357 g/mol. The number of piperazine rings is 1. The number of hydrogen-bond donors (Lipinski definition) is 1. The highest BCUT2D eigenvalue weighted by molar-refractivity contribution is 5.68. The van der Waals surface area contributed by atoms with Crippen molar-refractivity contribution in [1.82, 2.24) is 14.9 Å². The van der Waals surface area contributed by atoms with Crippen LogP contribution in [0.25, 0.3) is 0 Å². The quantitative estimate of drug-likeness (QED) is 0.602. The number of nitrogens with zero attached hydrogens (tertiary/aromatic N) is 4. The Labute approximate surface area is 151 Å². The van der Waals surface area contributed by atoms with Gasteiger partial charge in [0.25, 0.3) is 0 Å². The normalized spacial score (nSPS) is 14.5. The summed E-state index contributed by atoms with van der Waals surface area (Å²) in [5.74, 6) is 1.90. The van der Waals surface area contributed by atoms with Gasteiger partial charge in [-0.25, -0.2) is 14.4 Å². The van der Waals surface area contributed by atoms with Gasteiger partial charge in [-0.15, -0.1) is 0 Å². The number of halogens is 1. The fraction of sp³-hybridized carbons (Fsp3) is 0.278. The van der Waals surface area contributed by atoms with E-state index in [0.717, 1.165) is 44.0 Å². The zero-order chi connectivity index (χ0) is 18.2. The zero-order valence-corrected chi connectivity index (χ0v) is 14.2. The first-order chi connectivity index (χ1) is 12.8. The van der Waals surface area contributed by atoms with E-state index < -0.39 is 6.86 Å². The molecule has 0 amide bonds. The van der Waals surface area contributed by atoms with E-state index in [0.29, 0.717) is 11.6 Å². The predicted octanol–water partition coefficient (Wildman–Crippen LogP) is 2.36. The van der Waals surface area contributed by atoms with Gasteiger partial charge in [0.15, 0.2) is 11.6 Å². The first-order valence-corrected chi connectivity index (χ1v) is 8.28. The highest BCUT2D eigenvalue weighted by atomic mass is 19.1. The van der Waals surface area contributed by atoms with Crippen LogP contribution in [0.1, 0.15) is 0 Å². The van der Waals surface area contributed by atoms with Crippen molar-refractivity contribution < 1.29 is 13.9 Å². The lowest BCUT2D eigenvalue weighted by molar-refractivity contribution is -0.104. The topological polar surface area (TPSA) is 70.6 Å². The van der Waals surface area contributed by atoms with Crippen LogP contribution in [0, 0.1) is 0 Å². The van der Waals surface area contributed by atoms with E-state index in [2.05, 4.69) is 25.1 Å². The van der Waals surface area contributed by atoms with Crippen LogP contribution < -0.4 is 15.0 Å². The lowest BCUT2D eigenvalue weighted by Gasteiger charge is -2.35. The molecule has 1 aromatic carbocycles. The molecule has 1 aromatic heterocycles. The van der Waals surface area contributed by atoms with Crippen LogP contribution in [0.15, 0.2) is 48.9 Å². The second-order valence-electron chi connectivity index (χ2n) is 5.63. The number of benzene rings is 1. The Bertz CT molecular complexity index is 746. The number of rotatable bonds is 7. The van der Waals surface area contributed by atoms with E-state index in [1.54, 1.807) is 42.9 Å². The molecule has 7 nitrogen and oxygen atoms in total. The number of carbonyl (C=O) groups excluding carboxylic acids is 1. The number of carbonyl (C=O) groups is 1. The van der Waals surface area contributed by atoms with Crippen LogP contribution in [-0.2, 0) is 4.79 Å². The number of nitrogens with one attached hydrogen (secondary N) is 1. The second kappa shape index (κ2) is 8.80. The zero-order valence-electron chi connectivity index (χ0n) is 14.2. The molecule has 136 valence electrons. The molecule has 1 aliphatic heterocycles. The molecule has 2 aromatic rings. The van der Waals surface area contributed by atoms with E-state index >= 15 is 0 Å². The van der Waals surface area contributed by atoms with Crippen molar-refractivity contribution in [2.75, 3.05) is 43.3 Å². The highest BCUT2D eigenvalue weighted by Crippen LogP contribution is 2.26. The van der Waals surface area contributed by atoms with Crippen molar-refractivity contribution in [3.8, 4) is 5.75 Å². The standard InChI is InChI=1S/C18H20FN5O2/c19-14-26-16-4-2-15(3-5-16)22-17-18(21-7-6-20-17)24-11-9-23(10-12-24)8-1-13-25/h1-8,13H,9-12,14H2,(H,20,22). The van der Waals surface area contributed by atoms with E-state index in [-0.39, 0.29) is 0 Å². The Morgan fingerprint density at radius 2 is 1.85 bits per heavy atom. The van der Waals surface area contributed by atoms with E-state index in [4.69, 9.17) is 4.74 Å². The Morgan fingerprint density at radius 3 is 2.54 bits per heavy atom. The van der Waals surface area contributed by atoms with Crippen molar-refractivity contribution in [1.29, 1.82) is 0 Å². The molecule has 0 atom stereocenters. The van der Waals surface area contributed by atoms with Crippen molar-refractivity contribution in [2.45, 2.75) is 0 Å². The second-order valence-corrected chi connectivity index (χ2v) is 5.63. The van der Waals surface area contributed by atoms with Gasteiger partial charge in [0.05, 0.1) is 0 Å².